The first-order chi connectivity index (χ1) is 15.5. The summed E-state index contributed by atoms with van der Waals surface area (Å²) in [4.78, 5) is 41.6. The molecule has 0 saturated heterocycles. The van der Waals surface area contributed by atoms with Gasteiger partial charge < -0.3 is 4.90 Å². The SMILES string of the molecule is O=C1c2ccc(C(=O)N3CCCc4cccc(F)c43)cc2C(=O)N1CCc1ccccc1. The highest BCUT2D eigenvalue weighted by Crippen LogP contribution is 2.32. The number of carbonyl (C=O) groups is 3. The number of hydrogen-bond acceptors (Lipinski definition) is 3. The van der Waals surface area contributed by atoms with E-state index >= 15 is 0 Å². The van der Waals surface area contributed by atoms with E-state index < -0.39 is 11.7 Å². The summed E-state index contributed by atoms with van der Waals surface area (Å²) >= 11 is 0. The number of benzene rings is 3. The molecule has 3 aromatic carbocycles. The van der Waals surface area contributed by atoms with E-state index in [0.29, 0.717) is 30.6 Å². The van der Waals surface area contributed by atoms with E-state index in [1.54, 1.807) is 12.1 Å². The van der Waals surface area contributed by atoms with Crippen LogP contribution < -0.4 is 4.90 Å². The Morgan fingerprint density at radius 2 is 1.69 bits per heavy atom. The minimum Gasteiger partial charge on any atom is -0.305 e. The molecule has 0 fully saturated rings. The average Bonchev–Trinajstić information content (AvgIpc) is 3.06. The first kappa shape index (κ1) is 20.1. The number of para-hydroxylation sites is 1. The summed E-state index contributed by atoms with van der Waals surface area (Å²) in [5.74, 6) is -1.56. The standard InChI is InChI=1S/C26H21FN2O3/c27-22-10-4-8-18-9-5-14-28(23(18)22)24(30)19-11-12-20-21(16-19)26(32)29(25(20)31)15-13-17-6-2-1-3-7-17/h1-4,6-8,10-12,16H,5,9,13-15H2. The zero-order chi connectivity index (χ0) is 22.2. The number of aryl methyl sites for hydroxylation is 1. The maximum atomic E-state index is 14.5. The predicted octanol–water partition coefficient (Wildman–Crippen LogP) is 4.26. The number of amides is 3. The number of fused-ring (bicyclic) bond motifs is 2. The van der Waals surface area contributed by atoms with Gasteiger partial charge in [0, 0.05) is 18.7 Å². The Morgan fingerprint density at radius 3 is 2.50 bits per heavy atom. The Kier molecular flexibility index (Phi) is 5.05. The largest absolute Gasteiger partial charge is 0.305 e. The number of nitrogens with zero attached hydrogens (tertiary/aromatic N) is 2. The lowest BCUT2D eigenvalue weighted by Gasteiger charge is -2.30. The molecule has 2 aliphatic heterocycles. The summed E-state index contributed by atoms with van der Waals surface area (Å²) in [6, 6.07) is 19.0. The third-order valence-electron chi connectivity index (χ3n) is 6.10. The van der Waals surface area contributed by atoms with Gasteiger partial charge in [-0.3, -0.25) is 19.3 Å². The van der Waals surface area contributed by atoms with Crippen LogP contribution in [0.15, 0.2) is 66.7 Å². The van der Waals surface area contributed by atoms with Crippen LogP contribution in [0.5, 0.6) is 0 Å². The maximum absolute atomic E-state index is 14.5. The van der Waals surface area contributed by atoms with Crippen LogP contribution in [0.3, 0.4) is 0 Å². The summed E-state index contributed by atoms with van der Waals surface area (Å²) in [7, 11) is 0. The van der Waals surface area contributed by atoms with Gasteiger partial charge in [-0.2, -0.15) is 0 Å². The Labute approximate surface area is 185 Å². The van der Waals surface area contributed by atoms with Crippen molar-refractivity contribution in [1.82, 2.24) is 4.90 Å². The van der Waals surface area contributed by atoms with Crippen molar-refractivity contribution in [3.05, 3.63) is 100 Å². The molecule has 3 amide bonds. The van der Waals surface area contributed by atoms with E-state index in [1.807, 2.05) is 36.4 Å². The Morgan fingerprint density at radius 1 is 0.906 bits per heavy atom. The summed E-state index contributed by atoms with van der Waals surface area (Å²) in [5, 5.41) is 0. The van der Waals surface area contributed by atoms with Gasteiger partial charge >= 0.3 is 0 Å². The number of imide groups is 1. The van der Waals surface area contributed by atoms with Gasteiger partial charge in [0.15, 0.2) is 0 Å². The zero-order valence-corrected chi connectivity index (χ0v) is 17.4. The molecule has 2 heterocycles. The van der Waals surface area contributed by atoms with Crippen molar-refractivity contribution in [2.24, 2.45) is 0 Å². The number of anilines is 1. The molecule has 0 atom stereocenters. The quantitative estimate of drug-likeness (QED) is 0.584. The molecular formula is C26H21FN2O3. The number of carbonyl (C=O) groups excluding carboxylic acids is 3. The van der Waals surface area contributed by atoms with Crippen molar-refractivity contribution >= 4 is 23.4 Å². The molecule has 0 spiro atoms. The van der Waals surface area contributed by atoms with Crippen LogP contribution in [-0.4, -0.2) is 35.7 Å². The topological polar surface area (TPSA) is 57.7 Å². The molecule has 0 N–H and O–H groups in total. The minimum absolute atomic E-state index is 0.222. The molecule has 160 valence electrons. The summed E-state index contributed by atoms with van der Waals surface area (Å²) < 4.78 is 14.5. The molecule has 0 radical (unpaired) electrons. The Bertz CT molecular complexity index is 1240. The van der Waals surface area contributed by atoms with Crippen molar-refractivity contribution in [1.29, 1.82) is 0 Å². The molecule has 6 heteroatoms. The van der Waals surface area contributed by atoms with E-state index in [1.165, 1.54) is 28.0 Å². The fourth-order valence-corrected chi connectivity index (χ4v) is 4.47. The van der Waals surface area contributed by atoms with Crippen LogP contribution >= 0.6 is 0 Å². The Hall–Kier alpha value is -3.80. The second kappa shape index (κ2) is 8.04. The molecule has 0 bridgehead atoms. The minimum atomic E-state index is -0.435. The van der Waals surface area contributed by atoms with Gasteiger partial charge in [-0.05, 0) is 54.7 Å². The van der Waals surface area contributed by atoms with Gasteiger partial charge in [0.2, 0.25) is 0 Å². The fourth-order valence-electron chi connectivity index (χ4n) is 4.47. The highest BCUT2D eigenvalue weighted by molar-refractivity contribution is 6.22. The molecule has 3 aromatic rings. The van der Waals surface area contributed by atoms with Crippen molar-refractivity contribution in [3.8, 4) is 0 Å². The molecule has 5 nitrogen and oxygen atoms in total. The first-order valence-corrected chi connectivity index (χ1v) is 10.7. The van der Waals surface area contributed by atoms with Gasteiger partial charge in [-0.15, -0.1) is 0 Å². The molecule has 0 aliphatic carbocycles. The summed E-state index contributed by atoms with van der Waals surface area (Å²) in [6.07, 6.45) is 2.00. The first-order valence-electron chi connectivity index (χ1n) is 10.7. The molecule has 0 aromatic heterocycles. The lowest BCUT2D eigenvalue weighted by atomic mass is 9.99. The number of hydrogen-bond donors (Lipinski definition) is 0. The highest BCUT2D eigenvalue weighted by atomic mass is 19.1. The van der Waals surface area contributed by atoms with E-state index in [2.05, 4.69) is 0 Å². The van der Waals surface area contributed by atoms with E-state index in [9.17, 15) is 18.8 Å². The molecular weight excluding hydrogens is 407 g/mol. The van der Waals surface area contributed by atoms with Crippen molar-refractivity contribution in [2.75, 3.05) is 18.0 Å². The van der Waals surface area contributed by atoms with Crippen LogP contribution in [0.2, 0.25) is 0 Å². The van der Waals surface area contributed by atoms with Crippen molar-refractivity contribution < 1.29 is 18.8 Å². The average molecular weight is 428 g/mol. The Balaban J connectivity index is 1.40. The normalized spacial score (nSPS) is 15.0. The van der Waals surface area contributed by atoms with Gasteiger partial charge in [0.1, 0.15) is 5.82 Å². The van der Waals surface area contributed by atoms with Gasteiger partial charge in [0.25, 0.3) is 17.7 Å². The predicted molar refractivity (Wildman–Crippen MR) is 118 cm³/mol. The van der Waals surface area contributed by atoms with Crippen molar-refractivity contribution in [2.45, 2.75) is 19.3 Å². The lowest BCUT2D eigenvalue weighted by molar-refractivity contribution is 0.0656. The third kappa shape index (κ3) is 3.38. The van der Waals surface area contributed by atoms with E-state index in [-0.39, 0.29) is 29.5 Å². The van der Waals surface area contributed by atoms with Gasteiger partial charge in [0.05, 0.1) is 16.8 Å². The molecule has 5 rings (SSSR count). The van der Waals surface area contributed by atoms with Crippen LogP contribution in [0.1, 0.15) is 48.6 Å². The van der Waals surface area contributed by atoms with E-state index in [0.717, 1.165) is 17.5 Å². The monoisotopic (exact) mass is 428 g/mol. The second-order valence-corrected chi connectivity index (χ2v) is 8.07. The molecule has 2 aliphatic rings. The van der Waals surface area contributed by atoms with Crippen LogP contribution in [0.25, 0.3) is 0 Å². The molecule has 32 heavy (non-hydrogen) atoms. The highest BCUT2D eigenvalue weighted by Gasteiger charge is 2.36. The summed E-state index contributed by atoms with van der Waals surface area (Å²) in [6.45, 7) is 0.671. The van der Waals surface area contributed by atoms with Crippen molar-refractivity contribution in [3.63, 3.8) is 0 Å². The van der Waals surface area contributed by atoms with Crippen LogP contribution in [0, 0.1) is 5.82 Å². The van der Waals surface area contributed by atoms with Crippen LogP contribution in [-0.2, 0) is 12.8 Å². The zero-order valence-electron chi connectivity index (χ0n) is 17.4. The molecule has 0 saturated carbocycles. The third-order valence-corrected chi connectivity index (χ3v) is 6.10. The van der Waals surface area contributed by atoms with Crippen LogP contribution in [0.4, 0.5) is 10.1 Å². The van der Waals surface area contributed by atoms with Gasteiger partial charge in [-0.1, -0.05) is 42.5 Å². The van der Waals surface area contributed by atoms with Gasteiger partial charge in [-0.25, -0.2) is 4.39 Å². The molecule has 0 unspecified atom stereocenters. The smallest absolute Gasteiger partial charge is 0.261 e. The fraction of sp³-hybridized carbons (Fsp3) is 0.192. The second-order valence-electron chi connectivity index (χ2n) is 8.07. The number of halogens is 1. The number of rotatable bonds is 4. The maximum Gasteiger partial charge on any atom is 0.261 e. The lowest BCUT2D eigenvalue weighted by Crippen LogP contribution is -2.36. The van der Waals surface area contributed by atoms with E-state index in [4.69, 9.17) is 0 Å². The summed E-state index contributed by atoms with van der Waals surface area (Å²) in [5.41, 5.74) is 2.92.